The van der Waals surface area contributed by atoms with Crippen LogP contribution >= 0.6 is 18.7 Å². The van der Waals surface area contributed by atoms with Crippen molar-refractivity contribution in [3.8, 4) is 0 Å². The summed E-state index contributed by atoms with van der Waals surface area (Å²) in [6, 6.07) is 30.1. The van der Waals surface area contributed by atoms with E-state index in [9.17, 15) is 4.57 Å². The lowest BCUT2D eigenvalue weighted by atomic mass is 10.2. The Kier molecular flexibility index (Phi) is 7.58. The van der Waals surface area contributed by atoms with E-state index in [1.54, 1.807) is 0 Å². The smallest absolute Gasteiger partial charge is 0.181 e. The van der Waals surface area contributed by atoms with Gasteiger partial charge in [-0.25, -0.2) is 0 Å². The molecule has 0 saturated heterocycles. The van der Waals surface area contributed by atoms with Gasteiger partial charge in [-0.3, -0.25) is 0 Å². The Hall–Kier alpha value is -1.86. The molecule has 0 heterocycles. The summed E-state index contributed by atoms with van der Waals surface area (Å²) in [5.41, 5.74) is 0. The van der Waals surface area contributed by atoms with Gasteiger partial charge in [0.1, 0.15) is 8.07 Å². The molecule has 0 saturated carbocycles. The Bertz CT molecular complexity index is 987. The second-order valence-electron chi connectivity index (χ2n) is 8.14. The molecule has 0 N–H and O–H groups in total. The van der Waals surface area contributed by atoms with Gasteiger partial charge < -0.3 is 4.57 Å². The highest BCUT2D eigenvalue weighted by Crippen LogP contribution is 2.56. The highest BCUT2D eigenvalue weighted by Gasteiger charge is 2.38. The first kappa shape index (κ1) is 22.8. The van der Waals surface area contributed by atoms with Gasteiger partial charge in [0.05, 0.1) is 4.77 Å². The molecular weight excluding hydrogens is 423 g/mol. The highest BCUT2D eigenvalue weighted by molar-refractivity contribution is 7.84. The second-order valence-corrected chi connectivity index (χ2v) is 15.9. The fraction of sp³-hybridized carbons (Fsp3) is 0.231. The standard InChI is InChI=1S/C26H30ClOPSi/c1-4-5-21-25(30(2,3)24-19-13-8-14-20-24)26(27)29(28,22-15-9-6-10-16-22)23-17-11-7-12-18-23/h6-20H,4-5,21H2,1-3H3/b26-25+. The van der Waals surface area contributed by atoms with Gasteiger partial charge in [-0.05, 0) is 6.42 Å². The number of hydrogen-bond donors (Lipinski definition) is 0. The summed E-state index contributed by atoms with van der Waals surface area (Å²) in [5, 5.41) is 4.12. The first-order valence-corrected chi connectivity index (χ1v) is 15.7. The van der Waals surface area contributed by atoms with Crippen molar-refractivity contribution < 1.29 is 4.57 Å². The molecule has 0 fully saturated rings. The molecule has 0 aliphatic heterocycles. The van der Waals surface area contributed by atoms with Crippen LogP contribution in [0.5, 0.6) is 0 Å². The van der Waals surface area contributed by atoms with Crippen molar-refractivity contribution in [1.82, 2.24) is 0 Å². The molecular formula is C26H30ClOPSi. The predicted molar refractivity (Wildman–Crippen MR) is 136 cm³/mol. The molecule has 3 rings (SSSR count). The first-order valence-electron chi connectivity index (χ1n) is 10.6. The van der Waals surface area contributed by atoms with E-state index in [1.807, 2.05) is 66.7 Å². The summed E-state index contributed by atoms with van der Waals surface area (Å²) < 4.78 is 15.4. The van der Waals surface area contributed by atoms with E-state index in [0.29, 0.717) is 4.77 Å². The van der Waals surface area contributed by atoms with Gasteiger partial charge >= 0.3 is 0 Å². The number of hydrogen-bond acceptors (Lipinski definition) is 1. The molecule has 0 aromatic heterocycles. The first-order chi connectivity index (χ1) is 14.4. The van der Waals surface area contributed by atoms with E-state index in [4.69, 9.17) is 11.6 Å². The molecule has 4 heteroatoms. The summed E-state index contributed by atoms with van der Waals surface area (Å²) >= 11 is 7.24. The Morgan fingerprint density at radius 3 is 1.67 bits per heavy atom. The molecule has 0 amide bonds. The molecule has 156 valence electrons. The van der Waals surface area contributed by atoms with Gasteiger partial charge in [0.25, 0.3) is 0 Å². The minimum Gasteiger partial charge on any atom is -0.308 e. The monoisotopic (exact) mass is 452 g/mol. The van der Waals surface area contributed by atoms with Gasteiger partial charge in [-0.1, -0.05) is 146 Å². The zero-order valence-electron chi connectivity index (χ0n) is 18.0. The number of halogens is 1. The van der Waals surface area contributed by atoms with Crippen molar-refractivity contribution in [3.63, 3.8) is 0 Å². The van der Waals surface area contributed by atoms with E-state index in [-0.39, 0.29) is 0 Å². The fourth-order valence-electron chi connectivity index (χ4n) is 3.90. The molecule has 0 aliphatic rings. The van der Waals surface area contributed by atoms with Gasteiger partial charge in [-0.15, -0.1) is 0 Å². The molecule has 3 aromatic carbocycles. The Labute approximate surface area is 187 Å². The van der Waals surface area contributed by atoms with Crippen LogP contribution in [-0.2, 0) is 4.57 Å². The average molecular weight is 453 g/mol. The van der Waals surface area contributed by atoms with Crippen LogP contribution in [-0.4, -0.2) is 8.07 Å². The molecule has 1 nitrogen and oxygen atoms in total. The Morgan fingerprint density at radius 1 is 0.800 bits per heavy atom. The average Bonchev–Trinajstić information content (AvgIpc) is 2.80. The van der Waals surface area contributed by atoms with Crippen molar-refractivity contribution >= 4 is 42.6 Å². The molecule has 0 unspecified atom stereocenters. The van der Waals surface area contributed by atoms with E-state index in [0.717, 1.165) is 29.9 Å². The van der Waals surface area contributed by atoms with Crippen LogP contribution in [0.25, 0.3) is 0 Å². The van der Waals surface area contributed by atoms with Crippen molar-refractivity contribution in [3.05, 3.63) is 101 Å². The van der Waals surface area contributed by atoms with Crippen LogP contribution in [0.1, 0.15) is 26.2 Å². The van der Waals surface area contributed by atoms with Gasteiger partial charge in [-0.2, -0.15) is 0 Å². The second kappa shape index (κ2) is 9.96. The lowest BCUT2D eigenvalue weighted by Gasteiger charge is -2.31. The van der Waals surface area contributed by atoms with Gasteiger partial charge in [0, 0.05) is 10.6 Å². The van der Waals surface area contributed by atoms with Crippen LogP contribution in [0.3, 0.4) is 0 Å². The number of benzene rings is 3. The zero-order valence-corrected chi connectivity index (χ0v) is 20.7. The molecule has 0 atom stereocenters. The van der Waals surface area contributed by atoms with E-state index < -0.39 is 15.2 Å². The van der Waals surface area contributed by atoms with Crippen molar-refractivity contribution in [2.75, 3.05) is 0 Å². The minimum atomic E-state index is -3.15. The zero-order chi connectivity index (χ0) is 21.6. The van der Waals surface area contributed by atoms with E-state index in [1.165, 1.54) is 10.4 Å². The Balaban J connectivity index is 2.29. The number of rotatable bonds is 8. The number of unbranched alkanes of at least 4 members (excludes halogenated alkanes) is 1. The fourth-order valence-corrected chi connectivity index (χ4v) is 11.7. The molecule has 30 heavy (non-hydrogen) atoms. The summed E-state index contributed by atoms with van der Waals surface area (Å²) in [6.45, 7) is 6.85. The van der Waals surface area contributed by atoms with Crippen molar-refractivity contribution in [1.29, 1.82) is 0 Å². The van der Waals surface area contributed by atoms with Crippen LogP contribution in [0.15, 0.2) is 101 Å². The predicted octanol–water partition coefficient (Wildman–Crippen LogP) is 6.80. The highest BCUT2D eigenvalue weighted by atomic mass is 35.5. The van der Waals surface area contributed by atoms with Gasteiger partial charge in [0.2, 0.25) is 0 Å². The topological polar surface area (TPSA) is 17.1 Å². The van der Waals surface area contributed by atoms with E-state index >= 15 is 0 Å². The van der Waals surface area contributed by atoms with Crippen LogP contribution in [0.4, 0.5) is 0 Å². The van der Waals surface area contributed by atoms with Crippen LogP contribution in [0.2, 0.25) is 13.1 Å². The van der Waals surface area contributed by atoms with Gasteiger partial charge in [0.15, 0.2) is 7.14 Å². The molecule has 0 bridgehead atoms. The normalized spacial score (nSPS) is 13.1. The molecule has 3 aromatic rings. The van der Waals surface area contributed by atoms with E-state index in [2.05, 4.69) is 44.3 Å². The minimum absolute atomic E-state index is 0.564. The maximum absolute atomic E-state index is 14.8. The molecule has 0 radical (unpaired) electrons. The third-order valence-electron chi connectivity index (χ3n) is 5.80. The summed E-state index contributed by atoms with van der Waals surface area (Å²) in [4.78, 5) is 0. The molecule has 0 aliphatic carbocycles. The quantitative estimate of drug-likeness (QED) is 0.271. The van der Waals surface area contributed by atoms with Crippen LogP contribution in [0, 0.1) is 0 Å². The van der Waals surface area contributed by atoms with Crippen LogP contribution < -0.4 is 15.8 Å². The summed E-state index contributed by atoms with van der Waals surface area (Å²) in [7, 11) is -5.26. The summed E-state index contributed by atoms with van der Waals surface area (Å²) in [5.74, 6) is 0. The van der Waals surface area contributed by atoms with Crippen molar-refractivity contribution in [2.24, 2.45) is 0 Å². The SMILES string of the molecule is CCCC/C(=C(/Cl)P(=O)(c1ccccc1)c1ccccc1)[Si](C)(C)c1ccccc1. The maximum atomic E-state index is 14.8. The maximum Gasteiger partial charge on any atom is 0.181 e. The number of allylic oxidation sites excluding steroid dienone is 1. The molecule has 0 spiro atoms. The third-order valence-corrected chi connectivity index (χ3v) is 13.8. The largest absolute Gasteiger partial charge is 0.308 e. The lowest BCUT2D eigenvalue weighted by Crippen LogP contribution is -2.44. The Morgan fingerprint density at radius 2 is 1.23 bits per heavy atom. The summed E-state index contributed by atoms with van der Waals surface area (Å²) in [6.07, 6.45) is 3.00. The van der Waals surface area contributed by atoms with Crippen molar-refractivity contribution in [2.45, 2.75) is 39.3 Å². The third kappa shape index (κ3) is 4.57. The lowest BCUT2D eigenvalue weighted by molar-refractivity contribution is 0.591.